The first kappa shape index (κ1) is 27.2. The van der Waals surface area contributed by atoms with Gasteiger partial charge in [-0.1, -0.05) is 105 Å². The molecule has 0 spiro atoms. The molecule has 0 bridgehead atoms. The van der Waals surface area contributed by atoms with Crippen molar-refractivity contribution in [3.8, 4) is 28.4 Å². The van der Waals surface area contributed by atoms with Crippen LogP contribution in [-0.4, -0.2) is 28.1 Å². The standard InChI is InChI=1S/C35H43N3O/c1-3-4-23-38-33(34(30-18-10-6-11-19-30)36-35(38)31-20-12-7-13-21-31)27-37(25-28-15-8-5-9-16-28)26-29-17-14-22-32(24-29)39-2/h6-7,10-14,17-22,24,28H,3-5,8-9,15-16,23,25-27H2,1-2H3. The molecule has 0 radical (unpaired) electrons. The van der Waals surface area contributed by atoms with E-state index in [4.69, 9.17) is 9.72 Å². The van der Waals surface area contributed by atoms with Crippen molar-refractivity contribution in [2.75, 3.05) is 13.7 Å². The Balaban J connectivity index is 1.57. The number of nitrogens with zero attached hydrogens (tertiary/aromatic N) is 3. The fraction of sp³-hybridized carbons (Fsp3) is 0.400. The Morgan fingerprint density at radius 1 is 0.846 bits per heavy atom. The Bertz CT molecular complexity index is 1290. The lowest BCUT2D eigenvalue weighted by molar-refractivity contribution is 0.183. The highest BCUT2D eigenvalue weighted by molar-refractivity contribution is 5.68. The van der Waals surface area contributed by atoms with Gasteiger partial charge in [-0.3, -0.25) is 4.90 Å². The summed E-state index contributed by atoms with van der Waals surface area (Å²) in [6.07, 6.45) is 9.07. The van der Waals surface area contributed by atoms with Gasteiger partial charge in [-0.15, -0.1) is 0 Å². The summed E-state index contributed by atoms with van der Waals surface area (Å²) in [5.74, 6) is 2.76. The smallest absolute Gasteiger partial charge is 0.140 e. The molecule has 39 heavy (non-hydrogen) atoms. The van der Waals surface area contributed by atoms with Gasteiger partial charge in [0.15, 0.2) is 0 Å². The van der Waals surface area contributed by atoms with E-state index in [1.807, 2.05) is 6.07 Å². The van der Waals surface area contributed by atoms with E-state index >= 15 is 0 Å². The van der Waals surface area contributed by atoms with Gasteiger partial charge in [0.2, 0.25) is 0 Å². The number of benzene rings is 3. The Hall–Kier alpha value is -3.37. The topological polar surface area (TPSA) is 30.3 Å². The van der Waals surface area contributed by atoms with E-state index in [1.165, 1.54) is 54.5 Å². The highest BCUT2D eigenvalue weighted by atomic mass is 16.5. The second kappa shape index (κ2) is 13.6. The van der Waals surface area contributed by atoms with Crippen LogP contribution in [0.4, 0.5) is 0 Å². The molecule has 4 heteroatoms. The predicted molar refractivity (Wildman–Crippen MR) is 162 cm³/mol. The van der Waals surface area contributed by atoms with Crippen LogP contribution in [-0.2, 0) is 19.6 Å². The van der Waals surface area contributed by atoms with Crippen LogP contribution in [0.2, 0.25) is 0 Å². The lowest BCUT2D eigenvalue weighted by Crippen LogP contribution is -2.31. The average Bonchev–Trinajstić information content (AvgIpc) is 3.35. The van der Waals surface area contributed by atoms with Crippen molar-refractivity contribution >= 4 is 0 Å². The summed E-state index contributed by atoms with van der Waals surface area (Å²) < 4.78 is 8.08. The Morgan fingerprint density at radius 2 is 1.56 bits per heavy atom. The molecule has 4 aromatic rings. The van der Waals surface area contributed by atoms with Crippen molar-refractivity contribution < 1.29 is 4.74 Å². The summed E-state index contributed by atoms with van der Waals surface area (Å²) in [6, 6.07) is 30.0. The average molecular weight is 522 g/mol. The normalized spacial score (nSPS) is 14.1. The molecule has 0 unspecified atom stereocenters. The van der Waals surface area contributed by atoms with E-state index in [-0.39, 0.29) is 0 Å². The van der Waals surface area contributed by atoms with E-state index in [1.54, 1.807) is 7.11 Å². The van der Waals surface area contributed by atoms with Gasteiger partial charge >= 0.3 is 0 Å². The highest BCUT2D eigenvalue weighted by Crippen LogP contribution is 2.33. The van der Waals surface area contributed by atoms with Crippen molar-refractivity contribution in [2.24, 2.45) is 5.92 Å². The molecule has 0 atom stereocenters. The van der Waals surface area contributed by atoms with Crippen molar-refractivity contribution in [3.63, 3.8) is 0 Å². The maximum atomic E-state index is 5.56. The van der Waals surface area contributed by atoms with Crippen LogP contribution in [0, 0.1) is 5.92 Å². The minimum Gasteiger partial charge on any atom is -0.497 e. The van der Waals surface area contributed by atoms with Gasteiger partial charge in [0.1, 0.15) is 11.6 Å². The summed E-state index contributed by atoms with van der Waals surface area (Å²) >= 11 is 0. The molecule has 1 aliphatic carbocycles. The number of rotatable bonds is 12. The van der Waals surface area contributed by atoms with Crippen LogP contribution in [0.25, 0.3) is 22.6 Å². The lowest BCUT2D eigenvalue weighted by atomic mass is 9.89. The van der Waals surface area contributed by atoms with Gasteiger partial charge in [0.05, 0.1) is 18.5 Å². The minimum absolute atomic E-state index is 0.755. The van der Waals surface area contributed by atoms with Crippen molar-refractivity contribution in [2.45, 2.75) is 71.5 Å². The van der Waals surface area contributed by atoms with Crippen molar-refractivity contribution in [3.05, 3.63) is 96.2 Å². The molecule has 1 aromatic heterocycles. The molecule has 4 nitrogen and oxygen atoms in total. The van der Waals surface area contributed by atoms with Crippen LogP contribution >= 0.6 is 0 Å². The first-order valence-corrected chi connectivity index (χ1v) is 14.8. The predicted octanol–water partition coefficient (Wildman–Crippen LogP) is 8.61. The van der Waals surface area contributed by atoms with Gasteiger partial charge in [-0.2, -0.15) is 0 Å². The summed E-state index contributed by atoms with van der Waals surface area (Å²) in [5.41, 5.74) is 6.12. The molecule has 0 aliphatic heterocycles. The number of hydrogen-bond acceptors (Lipinski definition) is 3. The van der Waals surface area contributed by atoms with Crippen LogP contribution in [0.15, 0.2) is 84.9 Å². The third-order valence-corrected chi connectivity index (χ3v) is 8.04. The zero-order valence-corrected chi connectivity index (χ0v) is 23.7. The van der Waals surface area contributed by atoms with Crippen LogP contribution in [0.5, 0.6) is 5.75 Å². The second-order valence-electron chi connectivity index (χ2n) is 11.0. The molecule has 1 heterocycles. The Morgan fingerprint density at radius 3 is 2.26 bits per heavy atom. The molecular weight excluding hydrogens is 478 g/mol. The number of unbranched alkanes of at least 4 members (excludes halogenated alkanes) is 1. The summed E-state index contributed by atoms with van der Waals surface area (Å²) in [6.45, 7) is 6.15. The van der Waals surface area contributed by atoms with Crippen LogP contribution < -0.4 is 4.74 Å². The molecule has 0 saturated heterocycles. The molecule has 5 rings (SSSR count). The van der Waals surface area contributed by atoms with E-state index < -0.39 is 0 Å². The molecule has 0 amide bonds. The second-order valence-corrected chi connectivity index (χ2v) is 11.0. The molecule has 1 saturated carbocycles. The van der Waals surface area contributed by atoms with E-state index in [0.29, 0.717) is 0 Å². The molecule has 0 N–H and O–H groups in total. The fourth-order valence-corrected chi connectivity index (χ4v) is 6.00. The first-order chi connectivity index (χ1) is 19.2. The molecule has 3 aromatic carbocycles. The third-order valence-electron chi connectivity index (χ3n) is 8.04. The molecule has 1 fully saturated rings. The number of ether oxygens (including phenoxy) is 1. The largest absolute Gasteiger partial charge is 0.497 e. The number of methoxy groups -OCH3 is 1. The van der Waals surface area contributed by atoms with Crippen molar-refractivity contribution in [1.82, 2.24) is 14.5 Å². The fourth-order valence-electron chi connectivity index (χ4n) is 6.00. The number of hydrogen-bond donors (Lipinski definition) is 0. The maximum Gasteiger partial charge on any atom is 0.140 e. The quantitative estimate of drug-likeness (QED) is 0.187. The van der Waals surface area contributed by atoms with Gasteiger partial charge < -0.3 is 9.30 Å². The van der Waals surface area contributed by atoms with Gasteiger partial charge in [-0.05, 0) is 42.9 Å². The monoisotopic (exact) mass is 521 g/mol. The molecule has 204 valence electrons. The first-order valence-electron chi connectivity index (χ1n) is 14.8. The Labute approximate surface area is 234 Å². The number of aromatic nitrogens is 2. The van der Waals surface area contributed by atoms with Gasteiger partial charge in [-0.25, -0.2) is 4.98 Å². The van der Waals surface area contributed by atoms with E-state index in [2.05, 4.69) is 95.3 Å². The number of imidazole rings is 1. The zero-order valence-electron chi connectivity index (χ0n) is 23.7. The summed E-state index contributed by atoms with van der Waals surface area (Å²) in [5, 5.41) is 0. The van der Waals surface area contributed by atoms with Crippen LogP contribution in [0.1, 0.15) is 63.1 Å². The molecular formula is C35H43N3O. The summed E-state index contributed by atoms with van der Waals surface area (Å²) in [7, 11) is 1.75. The SMILES string of the molecule is CCCCn1c(-c2ccccc2)nc(-c2ccccc2)c1CN(Cc1cccc(OC)c1)CC1CCCCC1. The van der Waals surface area contributed by atoms with Gasteiger partial charge in [0.25, 0.3) is 0 Å². The minimum atomic E-state index is 0.755. The zero-order chi connectivity index (χ0) is 26.9. The Kier molecular flexibility index (Phi) is 9.50. The molecule has 1 aliphatic rings. The highest BCUT2D eigenvalue weighted by Gasteiger charge is 2.24. The maximum absolute atomic E-state index is 5.56. The lowest BCUT2D eigenvalue weighted by Gasteiger charge is -2.30. The van der Waals surface area contributed by atoms with Crippen LogP contribution in [0.3, 0.4) is 0 Å². The third kappa shape index (κ3) is 6.99. The van der Waals surface area contributed by atoms with E-state index in [0.717, 1.165) is 62.2 Å². The van der Waals surface area contributed by atoms with Crippen molar-refractivity contribution in [1.29, 1.82) is 0 Å². The van der Waals surface area contributed by atoms with E-state index in [9.17, 15) is 0 Å². The van der Waals surface area contributed by atoms with Gasteiger partial charge in [0, 0.05) is 37.3 Å². The summed E-state index contributed by atoms with van der Waals surface area (Å²) in [4.78, 5) is 8.03.